The van der Waals surface area contributed by atoms with Gasteiger partial charge in [0.05, 0.1) is 6.61 Å². The summed E-state index contributed by atoms with van der Waals surface area (Å²) in [6, 6.07) is 9.11. The molecule has 0 saturated carbocycles. The molecule has 0 radical (unpaired) electrons. The molecule has 0 saturated heterocycles. The second-order valence-corrected chi connectivity index (χ2v) is 7.88. The highest BCUT2D eigenvalue weighted by Crippen LogP contribution is 2.44. The van der Waals surface area contributed by atoms with Crippen LogP contribution in [0.15, 0.2) is 47.0 Å². The van der Waals surface area contributed by atoms with Crippen LogP contribution in [-0.4, -0.2) is 23.4 Å². The van der Waals surface area contributed by atoms with Crippen LogP contribution in [0.25, 0.3) is 0 Å². The number of ketones is 1. The molecule has 2 aromatic rings. The Bertz CT molecular complexity index is 916. The quantitative estimate of drug-likeness (QED) is 0.841. The summed E-state index contributed by atoms with van der Waals surface area (Å²) in [5.74, 6) is 0.264. The van der Waals surface area contributed by atoms with Crippen molar-refractivity contribution in [1.29, 1.82) is 0 Å². The van der Waals surface area contributed by atoms with Gasteiger partial charge in [0.2, 0.25) is 5.91 Å². The summed E-state index contributed by atoms with van der Waals surface area (Å²) in [5, 5.41) is 14.9. The second kappa shape index (κ2) is 7.19. The van der Waals surface area contributed by atoms with E-state index in [1.807, 2.05) is 24.4 Å². The SMILES string of the molecule is CCOc1cc([C@H]2CC(=O)NC3=C2C(=O)C[C@@H](c2cccs2)C3)ccc1O. The molecular formula is C21H21NO4S. The van der Waals surface area contributed by atoms with E-state index in [1.165, 1.54) is 4.88 Å². The van der Waals surface area contributed by atoms with Crippen LogP contribution in [0.2, 0.25) is 0 Å². The fourth-order valence-corrected chi connectivity index (χ4v) is 4.82. The Morgan fingerprint density at radius 2 is 2.07 bits per heavy atom. The van der Waals surface area contributed by atoms with Crippen LogP contribution in [0.3, 0.4) is 0 Å². The minimum Gasteiger partial charge on any atom is -0.504 e. The van der Waals surface area contributed by atoms with Crippen molar-refractivity contribution < 1.29 is 19.4 Å². The fourth-order valence-electron chi connectivity index (χ4n) is 3.99. The third-order valence-electron chi connectivity index (χ3n) is 5.17. The number of carbonyl (C=O) groups is 2. The van der Waals surface area contributed by atoms with Gasteiger partial charge >= 0.3 is 0 Å². The number of hydrogen-bond acceptors (Lipinski definition) is 5. The lowest BCUT2D eigenvalue weighted by Crippen LogP contribution is -2.38. The van der Waals surface area contributed by atoms with E-state index in [1.54, 1.807) is 29.5 Å². The highest BCUT2D eigenvalue weighted by molar-refractivity contribution is 7.10. The molecule has 2 atom stereocenters. The molecule has 2 aliphatic rings. The first kappa shape index (κ1) is 17.8. The molecule has 1 aromatic heterocycles. The Morgan fingerprint density at radius 1 is 1.22 bits per heavy atom. The number of benzene rings is 1. The lowest BCUT2D eigenvalue weighted by molar-refractivity contribution is -0.122. The number of rotatable bonds is 4. The normalized spacial score (nSPS) is 22.4. The molecule has 5 nitrogen and oxygen atoms in total. The summed E-state index contributed by atoms with van der Waals surface area (Å²) in [4.78, 5) is 26.5. The number of carbonyl (C=O) groups excluding carboxylic acids is 2. The van der Waals surface area contributed by atoms with Crippen molar-refractivity contribution in [2.75, 3.05) is 6.61 Å². The molecule has 4 rings (SSSR count). The molecule has 1 aliphatic carbocycles. The van der Waals surface area contributed by atoms with Gasteiger partial charge in [-0.1, -0.05) is 12.1 Å². The van der Waals surface area contributed by atoms with E-state index in [9.17, 15) is 14.7 Å². The van der Waals surface area contributed by atoms with Gasteiger partial charge in [0.25, 0.3) is 0 Å². The minimum atomic E-state index is -0.301. The zero-order valence-electron chi connectivity index (χ0n) is 15.0. The lowest BCUT2D eigenvalue weighted by Gasteiger charge is -2.34. The molecule has 0 fully saturated rings. The number of thiophene rings is 1. The van der Waals surface area contributed by atoms with Crippen molar-refractivity contribution in [1.82, 2.24) is 5.32 Å². The Morgan fingerprint density at radius 3 is 2.81 bits per heavy atom. The van der Waals surface area contributed by atoms with Gasteiger partial charge in [0.15, 0.2) is 17.3 Å². The first-order valence-corrected chi connectivity index (χ1v) is 10.00. The molecule has 0 bridgehead atoms. The first-order chi connectivity index (χ1) is 13.1. The molecule has 0 spiro atoms. The number of ether oxygens (including phenoxy) is 1. The summed E-state index contributed by atoms with van der Waals surface area (Å²) in [5.41, 5.74) is 2.27. The number of aromatic hydroxyl groups is 1. The molecule has 2 N–H and O–H groups in total. The van der Waals surface area contributed by atoms with Crippen LogP contribution < -0.4 is 10.1 Å². The Labute approximate surface area is 161 Å². The van der Waals surface area contributed by atoms with E-state index in [2.05, 4.69) is 5.32 Å². The highest BCUT2D eigenvalue weighted by Gasteiger charge is 2.38. The maximum atomic E-state index is 13.0. The molecule has 1 aromatic carbocycles. The highest BCUT2D eigenvalue weighted by atomic mass is 32.1. The number of phenolic OH excluding ortho intramolecular Hbond substituents is 1. The molecule has 1 amide bonds. The topological polar surface area (TPSA) is 75.6 Å². The number of nitrogens with one attached hydrogen (secondary N) is 1. The zero-order chi connectivity index (χ0) is 19.0. The Hall–Kier alpha value is -2.60. The number of phenols is 1. The summed E-state index contributed by atoms with van der Waals surface area (Å²) < 4.78 is 5.47. The third kappa shape index (κ3) is 3.37. The van der Waals surface area contributed by atoms with Crippen LogP contribution in [0, 0.1) is 0 Å². The van der Waals surface area contributed by atoms with Crippen molar-refractivity contribution in [3.8, 4) is 11.5 Å². The molecule has 6 heteroatoms. The van der Waals surface area contributed by atoms with E-state index in [-0.39, 0.29) is 35.7 Å². The number of allylic oxidation sites excluding steroid dienone is 2. The summed E-state index contributed by atoms with van der Waals surface area (Å²) in [7, 11) is 0. The molecule has 27 heavy (non-hydrogen) atoms. The van der Waals surface area contributed by atoms with Gasteiger partial charge in [-0.2, -0.15) is 0 Å². The fraction of sp³-hybridized carbons (Fsp3) is 0.333. The monoisotopic (exact) mass is 383 g/mol. The van der Waals surface area contributed by atoms with Crippen LogP contribution in [0.4, 0.5) is 0 Å². The van der Waals surface area contributed by atoms with Crippen LogP contribution in [-0.2, 0) is 9.59 Å². The maximum Gasteiger partial charge on any atom is 0.225 e. The summed E-state index contributed by atoms with van der Waals surface area (Å²) in [6.07, 6.45) is 1.35. The van der Waals surface area contributed by atoms with Gasteiger partial charge in [0.1, 0.15) is 0 Å². The summed E-state index contributed by atoms with van der Waals surface area (Å²) in [6.45, 7) is 2.27. The average molecular weight is 383 g/mol. The van der Waals surface area contributed by atoms with Gasteiger partial charge in [-0.3, -0.25) is 9.59 Å². The smallest absolute Gasteiger partial charge is 0.225 e. The maximum absolute atomic E-state index is 13.0. The molecular weight excluding hydrogens is 362 g/mol. The largest absolute Gasteiger partial charge is 0.504 e. The van der Waals surface area contributed by atoms with Gasteiger partial charge in [-0.15, -0.1) is 11.3 Å². The standard InChI is InChI=1S/C21H21NO4S/c1-2-26-18-10-12(5-6-16(18)23)14-11-20(25)22-15-8-13(9-17(24)21(14)15)19-4-3-7-27-19/h3-7,10,13-14,23H,2,8-9,11H2,1H3,(H,22,25)/t13-,14+/m0/s1. The van der Waals surface area contributed by atoms with E-state index in [0.717, 1.165) is 11.3 Å². The van der Waals surface area contributed by atoms with Crippen molar-refractivity contribution in [2.24, 2.45) is 0 Å². The van der Waals surface area contributed by atoms with Crippen LogP contribution >= 0.6 is 11.3 Å². The number of amides is 1. The first-order valence-electron chi connectivity index (χ1n) is 9.12. The van der Waals surface area contributed by atoms with E-state index < -0.39 is 0 Å². The number of Topliss-reactive ketones (excluding diaryl/α,β-unsaturated/α-hetero) is 1. The van der Waals surface area contributed by atoms with Crippen LogP contribution in [0.5, 0.6) is 11.5 Å². The average Bonchev–Trinajstić information content (AvgIpc) is 3.17. The van der Waals surface area contributed by atoms with E-state index >= 15 is 0 Å². The van der Waals surface area contributed by atoms with Gasteiger partial charge < -0.3 is 15.2 Å². The van der Waals surface area contributed by atoms with Crippen molar-refractivity contribution in [3.05, 3.63) is 57.4 Å². The predicted molar refractivity (Wildman–Crippen MR) is 103 cm³/mol. The Balaban J connectivity index is 1.72. The predicted octanol–water partition coefficient (Wildman–Crippen LogP) is 3.86. The third-order valence-corrected chi connectivity index (χ3v) is 6.20. The molecule has 2 heterocycles. The summed E-state index contributed by atoms with van der Waals surface area (Å²) >= 11 is 1.65. The van der Waals surface area contributed by atoms with Crippen molar-refractivity contribution in [3.63, 3.8) is 0 Å². The van der Waals surface area contributed by atoms with Crippen molar-refractivity contribution in [2.45, 2.75) is 38.0 Å². The van der Waals surface area contributed by atoms with Gasteiger partial charge in [0, 0.05) is 40.8 Å². The zero-order valence-corrected chi connectivity index (χ0v) is 15.8. The van der Waals surface area contributed by atoms with Gasteiger partial charge in [-0.25, -0.2) is 0 Å². The molecule has 0 unspecified atom stereocenters. The molecule has 1 aliphatic heterocycles. The molecule has 140 valence electrons. The lowest BCUT2D eigenvalue weighted by atomic mass is 9.74. The second-order valence-electron chi connectivity index (χ2n) is 6.90. The van der Waals surface area contributed by atoms with E-state index in [4.69, 9.17) is 4.74 Å². The van der Waals surface area contributed by atoms with Crippen LogP contribution in [0.1, 0.15) is 48.5 Å². The van der Waals surface area contributed by atoms with Crippen molar-refractivity contribution >= 4 is 23.0 Å². The Kier molecular flexibility index (Phi) is 4.74. The minimum absolute atomic E-state index is 0.0581. The van der Waals surface area contributed by atoms with E-state index in [0.29, 0.717) is 30.8 Å². The number of hydrogen-bond donors (Lipinski definition) is 2. The van der Waals surface area contributed by atoms with Gasteiger partial charge in [-0.05, 0) is 42.5 Å².